The quantitative estimate of drug-likeness (QED) is 0.749. The van der Waals surface area contributed by atoms with Gasteiger partial charge in [0.2, 0.25) is 0 Å². The lowest BCUT2D eigenvalue weighted by molar-refractivity contribution is 0.0692. The second kappa shape index (κ2) is 5.97. The smallest absolute Gasteiger partial charge is 0.338 e. The lowest BCUT2D eigenvalue weighted by Crippen LogP contribution is -2.33. The van der Waals surface area contributed by atoms with Crippen molar-refractivity contribution in [1.29, 1.82) is 0 Å². The van der Waals surface area contributed by atoms with Crippen molar-refractivity contribution in [2.75, 3.05) is 25.5 Å². The van der Waals surface area contributed by atoms with E-state index >= 15 is 0 Å². The summed E-state index contributed by atoms with van der Waals surface area (Å²) < 4.78 is 13.1. The van der Waals surface area contributed by atoms with Crippen LogP contribution in [0.3, 0.4) is 0 Å². The van der Waals surface area contributed by atoms with Crippen molar-refractivity contribution in [1.82, 2.24) is 4.90 Å². The van der Waals surface area contributed by atoms with Gasteiger partial charge in [0.05, 0.1) is 12.2 Å². The first-order valence-electron chi connectivity index (χ1n) is 5.11. The summed E-state index contributed by atoms with van der Waals surface area (Å²) in [5.74, 6) is -2.28. The first kappa shape index (κ1) is 13.9. The fourth-order valence-corrected chi connectivity index (χ4v) is 1.24. The highest BCUT2D eigenvalue weighted by molar-refractivity contribution is 5.93. The summed E-state index contributed by atoms with van der Waals surface area (Å²) in [6.07, 6.45) is 0. The third kappa shape index (κ3) is 3.42. The zero-order valence-corrected chi connectivity index (χ0v) is 9.68. The third-order valence-corrected chi connectivity index (χ3v) is 2.23. The van der Waals surface area contributed by atoms with Crippen molar-refractivity contribution < 1.29 is 24.2 Å². The Balaban J connectivity index is 2.82. The number of carbonyl (C=O) groups excluding carboxylic acids is 1. The Morgan fingerprint density at radius 2 is 2.11 bits per heavy atom. The van der Waals surface area contributed by atoms with Gasteiger partial charge in [0.15, 0.2) is 0 Å². The van der Waals surface area contributed by atoms with Crippen molar-refractivity contribution in [2.45, 2.75) is 0 Å². The minimum atomic E-state index is -1.41. The maximum atomic E-state index is 13.1. The van der Waals surface area contributed by atoms with E-state index < -0.39 is 23.4 Å². The van der Waals surface area contributed by atoms with Crippen LogP contribution in [-0.2, 0) is 0 Å². The predicted molar refractivity (Wildman–Crippen MR) is 62.1 cm³/mol. The lowest BCUT2D eigenvalue weighted by atomic mass is 10.2. The number of carboxylic acids is 1. The highest BCUT2D eigenvalue weighted by Crippen LogP contribution is 2.15. The van der Waals surface area contributed by atoms with Gasteiger partial charge in [-0.3, -0.25) is 0 Å². The molecule has 7 heteroatoms. The van der Waals surface area contributed by atoms with Gasteiger partial charge >= 0.3 is 12.0 Å². The third-order valence-electron chi connectivity index (χ3n) is 2.23. The molecule has 1 rings (SSSR count). The standard InChI is InChI=1S/C11H13FN2O4/c1-14(4-5-15)11(18)13-7-2-3-9(12)8(6-7)10(16)17/h2-3,6,15H,4-5H2,1H3,(H,13,18)(H,16,17). The van der Waals surface area contributed by atoms with E-state index in [0.717, 1.165) is 12.1 Å². The first-order valence-corrected chi connectivity index (χ1v) is 5.11. The van der Waals surface area contributed by atoms with Crippen LogP contribution in [0, 0.1) is 5.82 Å². The van der Waals surface area contributed by atoms with E-state index in [1.165, 1.54) is 18.0 Å². The summed E-state index contributed by atoms with van der Waals surface area (Å²) in [5, 5.41) is 19.8. The van der Waals surface area contributed by atoms with Gasteiger partial charge in [0, 0.05) is 19.3 Å². The topological polar surface area (TPSA) is 89.9 Å². The second-order valence-electron chi connectivity index (χ2n) is 3.58. The summed E-state index contributed by atoms with van der Waals surface area (Å²) in [7, 11) is 1.47. The van der Waals surface area contributed by atoms with Gasteiger partial charge in [0.1, 0.15) is 5.82 Å². The summed E-state index contributed by atoms with van der Waals surface area (Å²) in [4.78, 5) is 23.4. The average Bonchev–Trinajstić information content (AvgIpc) is 2.31. The summed E-state index contributed by atoms with van der Waals surface area (Å²) in [6, 6.07) is 2.73. The maximum Gasteiger partial charge on any atom is 0.338 e. The number of aromatic carboxylic acids is 1. The normalized spacial score (nSPS) is 9.94. The number of amides is 2. The summed E-state index contributed by atoms with van der Waals surface area (Å²) in [5.41, 5.74) is -0.346. The number of aliphatic hydroxyl groups is 1. The molecule has 0 aliphatic heterocycles. The molecule has 0 atom stereocenters. The van der Waals surface area contributed by atoms with E-state index in [2.05, 4.69) is 5.32 Å². The number of carboxylic acid groups (broad SMARTS) is 1. The Kier molecular flexibility index (Phi) is 4.61. The van der Waals surface area contributed by atoms with Crippen LogP contribution >= 0.6 is 0 Å². The Morgan fingerprint density at radius 1 is 1.44 bits per heavy atom. The first-order chi connectivity index (χ1) is 8.45. The number of nitrogens with zero attached hydrogens (tertiary/aromatic N) is 1. The van der Waals surface area contributed by atoms with Crippen LogP contribution in [0.15, 0.2) is 18.2 Å². The number of hydrogen-bond acceptors (Lipinski definition) is 3. The van der Waals surface area contributed by atoms with Crippen LogP contribution in [0.2, 0.25) is 0 Å². The number of carbonyl (C=O) groups is 2. The minimum Gasteiger partial charge on any atom is -0.478 e. The molecule has 0 bridgehead atoms. The fraction of sp³-hybridized carbons (Fsp3) is 0.273. The molecule has 1 aromatic rings. The van der Waals surface area contributed by atoms with E-state index in [1.54, 1.807) is 0 Å². The molecular weight excluding hydrogens is 243 g/mol. The van der Waals surface area contributed by atoms with Crippen LogP contribution in [0.5, 0.6) is 0 Å². The molecule has 98 valence electrons. The number of nitrogens with one attached hydrogen (secondary N) is 1. The number of likely N-dealkylation sites (N-methyl/N-ethyl adjacent to an activating group) is 1. The van der Waals surface area contributed by atoms with Crippen LogP contribution in [0.25, 0.3) is 0 Å². The van der Waals surface area contributed by atoms with Crippen molar-refractivity contribution in [3.8, 4) is 0 Å². The number of rotatable bonds is 4. The number of anilines is 1. The van der Waals surface area contributed by atoms with Gasteiger partial charge in [-0.05, 0) is 18.2 Å². The lowest BCUT2D eigenvalue weighted by Gasteiger charge is -2.16. The van der Waals surface area contributed by atoms with E-state index in [9.17, 15) is 14.0 Å². The molecule has 0 spiro atoms. The number of hydrogen-bond donors (Lipinski definition) is 3. The highest BCUT2D eigenvalue weighted by atomic mass is 19.1. The zero-order chi connectivity index (χ0) is 13.7. The van der Waals surface area contributed by atoms with Crippen LogP contribution in [0.1, 0.15) is 10.4 Å². The number of halogens is 1. The molecule has 18 heavy (non-hydrogen) atoms. The average molecular weight is 256 g/mol. The molecule has 3 N–H and O–H groups in total. The van der Waals surface area contributed by atoms with Gasteiger partial charge in [-0.2, -0.15) is 0 Å². The molecule has 0 fully saturated rings. The Labute approximate surface area is 103 Å². The molecule has 0 radical (unpaired) electrons. The molecule has 0 heterocycles. The molecule has 1 aromatic carbocycles. The molecule has 0 aliphatic carbocycles. The van der Waals surface area contributed by atoms with Gasteiger partial charge < -0.3 is 20.4 Å². The Hall–Kier alpha value is -2.15. The Bertz CT molecular complexity index is 464. The summed E-state index contributed by atoms with van der Waals surface area (Å²) in [6.45, 7) is -0.0491. The number of benzene rings is 1. The van der Waals surface area contributed by atoms with Gasteiger partial charge in [-0.15, -0.1) is 0 Å². The zero-order valence-electron chi connectivity index (χ0n) is 9.68. The minimum absolute atomic E-state index is 0.138. The number of urea groups is 1. The second-order valence-corrected chi connectivity index (χ2v) is 3.58. The van der Waals surface area contributed by atoms with Gasteiger partial charge in [0.25, 0.3) is 0 Å². The van der Waals surface area contributed by atoms with Crippen molar-refractivity contribution in [3.05, 3.63) is 29.6 Å². The van der Waals surface area contributed by atoms with Crippen LogP contribution in [-0.4, -0.2) is 47.3 Å². The van der Waals surface area contributed by atoms with Crippen molar-refractivity contribution in [2.24, 2.45) is 0 Å². The van der Waals surface area contributed by atoms with Crippen molar-refractivity contribution >= 4 is 17.7 Å². The number of aliphatic hydroxyl groups excluding tert-OH is 1. The van der Waals surface area contributed by atoms with E-state index in [1.807, 2.05) is 0 Å². The predicted octanol–water partition coefficient (Wildman–Crippen LogP) is 0.980. The molecule has 0 aromatic heterocycles. The molecular formula is C11H13FN2O4. The molecule has 0 aliphatic rings. The van der Waals surface area contributed by atoms with Crippen LogP contribution in [0.4, 0.5) is 14.9 Å². The maximum absolute atomic E-state index is 13.1. The van der Waals surface area contributed by atoms with Gasteiger partial charge in [-0.25, -0.2) is 14.0 Å². The molecule has 0 saturated carbocycles. The largest absolute Gasteiger partial charge is 0.478 e. The SMILES string of the molecule is CN(CCO)C(=O)Nc1ccc(F)c(C(=O)O)c1. The van der Waals surface area contributed by atoms with Crippen molar-refractivity contribution in [3.63, 3.8) is 0 Å². The van der Waals surface area contributed by atoms with E-state index in [4.69, 9.17) is 10.2 Å². The monoisotopic (exact) mass is 256 g/mol. The summed E-state index contributed by atoms with van der Waals surface area (Å²) >= 11 is 0. The molecule has 2 amide bonds. The van der Waals surface area contributed by atoms with Gasteiger partial charge in [-0.1, -0.05) is 0 Å². The fourth-order valence-electron chi connectivity index (χ4n) is 1.24. The van der Waals surface area contributed by atoms with E-state index in [0.29, 0.717) is 0 Å². The van der Waals surface area contributed by atoms with E-state index in [-0.39, 0.29) is 18.8 Å². The molecule has 0 unspecified atom stereocenters. The Morgan fingerprint density at radius 3 is 2.67 bits per heavy atom. The molecule has 0 saturated heterocycles. The highest BCUT2D eigenvalue weighted by Gasteiger charge is 2.13. The van der Waals surface area contributed by atoms with Crippen LogP contribution < -0.4 is 5.32 Å². The molecule has 6 nitrogen and oxygen atoms in total.